The Morgan fingerprint density at radius 1 is 1.25 bits per heavy atom. The van der Waals surface area contributed by atoms with Gasteiger partial charge in [0.05, 0.1) is 25.8 Å². The van der Waals surface area contributed by atoms with Gasteiger partial charge in [-0.3, -0.25) is 19.4 Å². The molecule has 0 bridgehead atoms. The van der Waals surface area contributed by atoms with E-state index < -0.39 is 12.1 Å². The molecule has 0 aromatic heterocycles. The van der Waals surface area contributed by atoms with E-state index in [2.05, 4.69) is 10.6 Å². The highest BCUT2D eigenvalue weighted by Gasteiger charge is 2.31. The SMILES string of the molecule is CCOc1ccc(NC(=O)CN(C)[C@H](C)C(=O)N2CCNC2=O)cc1OCC. The van der Waals surface area contributed by atoms with E-state index in [1.54, 1.807) is 37.1 Å². The van der Waals surface area contributed by atoms with Crippen LogP contribution in [-0.4, -0.2) is 73.6 Å². The summed E-state index contributed by atoms with van der Waals surface area (Å²) in [6.45, 7) is 7.20. The Bertz CT molecular complexity index is 724. The molecule has 0 saturated carbocycles. The summed E-state index contributed by atoms with van der Waals surface area (Å²) in [4.78, 5) is 39.2. The molecule has 9 heteroatoms. The van der Waals surface area contributed by atoms with Crippen molar-refractivity contribution >= 4 is 23.5 Å². The van der Waals surface area contributed by atoms with E-state index in [0.717, 1.165) is 0 Å². The van der Waals surface area contributed by atoms with Crippen molar-refractivity contribution in [1.29, 1.82) is 0 Å². The summed E-state index contributed by atoms with van der Waals surface area (Å²) in [5.74, 6) is 0.561. The van der Waals surface area contributed by atoms with Crippen molar-refractivity contribution in [2.24, 2.45) is 0 Å². The first-order chi connectivity index (χ1) is 13.4. The average Bonchev–Trinajstić information content (AvgIpc) is 3.08. The van der Waals surface area contributed by atoms with Crippen molar-refractivity contribution in [3.63, 3.8) is 0 Å². The minimum Gasteiger partial charge on any atom is -0.490 e. The number of imide groups is 1. The molecular weight excluding hydrogens is 364 g/mol. The maximum Gasteiger partial charge on any atom is 0.324 e. The number of urea groups is 1. The zero-order valence-electron chi connectivity index (χ0n) is 16.8. The van der Waals surface area contributed by atoms with Crippen molar-refractivity contribution in [3.8, 4) is 11.5 Å². The van der Waals surface area contributed by atoms with Crippen LogP contribution in [0.2, 0.25) is 0 Å². The molecule has 1 aliphatic heterocycles. The van der Waals surface area contributed by atoms with Crippen molar-refractivity contribution < 1.29 is 23.9 Å². The lowest BCUT2D eigenvalue weighted by molar-refractivity contribution is -0.132. The van der Waals surface area contributed by atoms with E-state index in [9.17, 15) is 14.4 Å². The second-order valence-corrected chi connectivity index (χ2v) is 6.39. The van der Waals surface area contributed by atoms with Crippen molar-refractivity contribution in [1.82, 2.24) is 15.1 Å². The maximum atomic E-state index is 12.4. The summed E-state index contributed by atoms with van der Waals surface area (Å²) < 4.78 is 11.1. The molecule has 1 aromatic rings. The molecule has 1 aromatic carbocycles. The maximum absolute atomic E-state index is 12.4. The molecule has 0 aliphatic carbocycles. The number of carbonyl (C=O) groups is 3. The Hall–Kier alpha value is -2.81. The van der Waals surface area contributed by atoms with Gasteiger partial charge in [-0.25, -0.2) is 4.79 Å². The number of hydrogen-bond acceptors (Lipinski definition) is 6. The number of benzene rings is 1. The first-order valence-corrected chi connectivity index (χ1v) is 9.36. The van der Waals surface area contributed by atoms with E-state index in [0.29, 0.717) is 43.5 Å². The smallest absolute Gasteiger partial charge is 0.324 e. The van der Waals surface area contributed by atoms with Crippen LogP contribution in [0, 0.1) is 0 Å². The van der Waals surface area contributed by atoms with Crippen LogP contribution >= 0.6 is 0 Å². The number of likely N-dealkylation sites (N-methyl/N-ethyl adjacent to an activating group) is 1. The van der Waals surface area contributed by atoms with Crippen molar-refractivity contribution in [3.05, 3.63) is 18.2 Å². The third-order valence-electron chi connectivity index (χ3n) is 4.36. The molecule has 1 fully saturated rings. The van der Waals surface area contributed by atoms with Crippen molar-refractivity contribution in [2.75, 3.05) is 45.2 Å². The van der Waals surface area contributed by atoms with Gasteiger partial charge in [0.2, 0.25) is 11.8 Å². The first kappa shape index (κ1) is 21.5. The van der Waals surface area contributed by atoms with E-state index in [1.807, 2.05) is 13.8 Å². The fourth-order valence-electron chi connectivity index (χ4n) is 2.79. The van der Waals surface area contributed by atoms with E-state index in [4.69, 9.17) is 9.47 Å². The molecule has 1 saturated heterocycles. The van der Waals surface area contributed by atoms with Gasteiger partial charge in [-0.2, -0.15) is 0 Å². The fourth-order valence-corrected chi connectivity index (χ4v) is 2.79. The molecular formula is C19H28N4O5. The third-order valence-corrected chi connectivity index (χ3v) is 4.36. The summed E-state index contributed by atoms with van der Waals surface area (Å²) in [7, 11) is 1.67. The van der Waals surface area contributed by atoms with E-state index in [-0.39, 0.29) is 18.4 Å². The molecule has 1 heterocycles. The molecule has 154 valence electrons. The van der Waals surface area contributed by atoms with E-state index >= 15 is 0 Å². The summed E-state index contributed by atoms with van der Waals surface area (Å²) >= 11 is 0. The average molecular weight is 392 g/mol. The Kier molecular flexibility index (Phi) is 7.62. The largest absolute Gasteiger partial charge is 0.490 e. The molecule has 0 radical (unpaired) electrons. The second kappa shape index (κ2) is 9.93. The molecule has 4 amide bonds. The zero-order valence-corrected chi connectivity index (χ0v) is 16.8. The molecule has 1 atom stereocenters. The van der Waals surface area contributed by atoms with Gasteiger partial charge < -0.3 is 20.1 Å². The Balaban J connectivity index is 1.96. The van der Waals surface area contributed by atoms with Crippen LogP contribution in [0.15, 0.2) is 18.2 Å². The first-order valence-electron chi connectivity index (χ1n) is 9.36. The minimum atomic E-state index is -0.603. The zero-order chi connectivity index (χ0) is 20.7. The highest BCUT2D eigenvalue weighted by Crippen LogP contribution is 2.30. The van der Waals surface area contributed by atoms with Crippen molar-refractivity contribution in [2.45, 2.75) is 26.8 Å². The topological polar surface area (TPSA) is 100 Å². The molecule has 28 heavy (non-hydrogen) atoms. The molecule has 2 rings (SSSR count). The molecule has 1 aliphatic rings. The monoisotopic (exact) mass is 392 g/mol. The van der Waals surface area contributed by atoms with Gasteiger partial charge >= 0.3 is 6.03 Å². The summed E-state index contributed by atoms with van der Waals surface area (Å²) in [5.41, 5.74) is 0.572. The van der Waals surface area contributed by atoms with E-state index in [1.165, 1.54) is 4.90 Å². The standard InChI is InChI=1S/C19H28N4O5/c1-5-27-15-8-7-14(11-16(15)28-6-2)21-17(24)12-22(4)13(3)18(25)23-10-9-20-19(23)26/h7-8,11,13H,5-6,9-10,12H2,1-4H3,(H,20,26)(H,21,24)/t13-/m1/s1. The van der Waals surface area contributed by atoms with Gasteiger partial charge in [0, 0.05) is 24.8 Å². The Labute approximate surface area is 165 Å². The predicted octanol–water partition coefficient (Wildman–Crippen LogP) is 1.29. The van der Waals surface area contributed by atoms with Gasteiger partial charge in [0.1, 0.15) is 0 Å². The lowest BCUT2D eigenvalue weighted by Gasteiger charge is -2.26. The van der Waals surface area contributed by atoms with Gasteiger partial charge in [-0.05, 0) is 40.0 Å². The number of rotatable bonds is 9. The minimum absolute atomic E-state index is 0.000451. The number of ether oxygens (including phenoxy) is 2. The highest BCUT2D eigenvalue weighted by molar-refractivity contribution is 5.98. The van der Waals surface area contributed by atoms with Crippen LogP contribution < -0.4 is 20.1 Å². The number of anilines is 1. The summed E-state index contributed by atoms with van der Waals surface area (Å²) in [5, 5.41) is 5.39. The third kappa shape index (κ3) is 5.35. The number of nitrogens with one attached hydrogen (secondary N) is 2. The predicted molar refractivity (Wildman–Crippen MR) is 105 cm³/mol. The second-order valence-electron chi connectivity index (χ2n) is 6.39. The fraction of sp³-hybridized carbons (Fsp3) is 0.526. The quantitative estimate of drug-likeness (QED) is 0.657. The van der Waals surface area contributed by atoms with Crippen LogP contribution in [-0.2, 0) is 9.59 Å². The van der Waals surface area contributed by atoms with Crippen LogP contribution in [0.4, 0.5) is 10.5 Å². The van der Waals surface area contributed by atoms with Gasteiger partial charge in [0.25, 0.3) is 0 Å². The summed E-state index contributed by atoms with van der Waals surface area (Å²) in [6, 6.07) is 4.18. The van der Waals surface area contributed by atoms with Crippen LogP contribution in [0.5, 0.6) is 11.5 Å². The lowest BCUT2D eigenvalue weighted by Crippen LogP contribution is -2.48. The van der Waals surface area contributed by atoms with Gasteiger partial charge in [-0.15, -0.1) is 0 Å². The van der Waals surface area contributed by atoms with Crippen LogP contribution in [0.25, 0.3) is 0 Å². The van der Waals surface area contributed by atoms with Gasteiger partial charge in [0.15, 0.2) is 11.5 Å². The number of amides is 4. The number of hydrogen-bond donors (Lipinski definition) is 2. The molecule has 2 N–H and O–H groups in total. The number of carbonyl (C=O) groups excluding carboxylic acids is 3. The number of nitrogens with zero attached hydrogens (tertiary/aromatic N) is 2. The Morgan fingerprint density at radius 2 is 1.93 bits per heavy atom. The summed E-state index contributed by atoms with van der Waals surface area (Å²) in [6.07, 6.45) is 0. The van der Waals surface area contributed by atoms with Crippen LogP contribution in [0.3, 0.4) is 0 Å². The highest BCUT2D eigenvalue weighted by atomic mass is 16.5. The molecule has 0 unspecified atom stereocenters. The molecule has 0 spiro atoms. The normalized spacial score (nSPS) is 14.6. The Morgan fingerprint density at radius 3 is 2.54 bits per heavy atom. The van der Waals surface area contributed by atoms with Crippen LogP contribution in [0.1, 0.15) is 20.8 Å². The molecule has 9 nitrogen and oxygen atoms in total. The van der Waals surface area contributed by atoms with Gasteiger partial charge in [-0.1, -0.05) is 0 Å². The lowest BCUT2D eigenvalue weighted by atomic mass is 10.2.